The van der Waals surface area contributed by atoms with Gasteiger partial charge in [0, 0.05) is 16.2 Å². The van der Waals surface area contributed by atoms with Gasteiger partial charge in [-0.05, 0) is 240 Å². The van der Waals surface area contributed by atoms with Crippen LogP contribution in [0.5, 0.6) is 0 Å². The molecule has 3 aliphatic rings. The molecule has 0 aromatic heterocycles. The van der Waals surface area contributed by atoms with Crippen LogP contribution in [0.25, 0.3) is 98.2 Å². The van der Waals surface area contributed by atoms with Gasteiger partial charge in [0.25, 0.3) is 0 Å². The Balaban J connectivity index is 0.868. The zero-order chi connectivity index (χ0) is 68.2. The molecule has 6 unspecified atom stereocenters. The van der Waals surface area contributed by atoms with Crippen LogP contribution < -0.4 is 0 Å². The minimum atomic E-state index is -0.122. The molecule has 3 aliphatic carbocycles. The highest BCUT2D eigenvalue weighted by molar-refractivity contribution is 5.91. The lowest BCUT2D eigenvalue weighted by Gasteiger charge is -2.38. The summed E-state index contributed by atoms with van der Waals surface area (Å²) < 4.78 is 0. The predicted octanol–water partition coefficient (Wildman–Crippen LogP) is 28.3. The normalized spacial score (nSPS) is 19.4. The largest absolute Gasteiger partial charge is 0.0871 e. The third-order valence-corrected chi connectivity index (χ3v) is 23.9. The number of benzene rings is 9. The maximum Gasteiger partial charge on any atom is 0.0220 e. The van der Waals surface area contributed by atoms with Gasteiger partial charge in [0.15, 0.2) is 0 Å². The number of aryl methyl sites for hydroxylation is 1. The average molecular weight is 1280 g/mol. The first kappa shape index (κ1) is 68.9. The van der Waals surface area contributed by atoms with Crippen molar-refractivity contribution in [1.29, 1.82) is 0 Å². The Hall–Kier alpha value is -8.06. The molecule has 0 N–H and O–H groups in total. The lowest BCUT2D eigenvalue weighted by Crippen LogP contribution is -2.30. The van der Waals surface area contributed by atoms with Gasteiger partial charge in [0.05, 0.1) is 0 Å². The van der Waals surface area contributed by atoms with Gasteiger partial charge < -0.3 is 0 Å². The summed E-state index contributed by atoms with van der Waals surface area (Å²) in [5.41, 5.74) is 32.9. The second-order valence-electron chi connectivity index (χ2n) is 30.9. The van der Waals surface area contributed by atoms with Gasteiger partial charge >= 0.3 is 0 Å². The van der Waals surface area contributed by atoms with Gasteiger partial charge in [0.2, 0.25) is 0 Å². The van der Waals surface area contributed by atoms with Gasteiger partial charge in [-0.1, -0.05) is 334 Å². The van der Waals surface area contributed by atoms with E-state index >= 15 is 0 Å². The lowest BCUT2D eigenvalue weighted by atomic mass is 9.65. The summed E-state index contributed by atoms with van der Waals surface area (Å²) in [6, 6.07) is 71.9. The maximum atomic E-state index is 2.69. The van der Waals surface area contributed by atoms with E-state index in [1.54, 1.807) is 22.3 Å². The summed E-state index contributed by atoms with van der Waals surface area (Å²) in [6.07, 6.45) is 31.6. The highest BCUT2D eigenvalue weighted by atomic mass is 14.5. The van der Waals surface area contributed by atoms with Crippen molar-refractivity contribution >= 4 is 42.5 Å². The molecular formula is C97H110. The molecule has 0 heterocycles. The number of allylic oxidation sites excluding steroid dienone is 1. The zero-order valence-electron chi connectivity index (χ0n) is 61.4. The molecule has 9 aromatic rings. The van der Waals surface area contributed by atoms with Crippen molar-refractivity contribution in [2.45, 2.75) is 190 Å². The van der Waals surface area contributed by atoms with Crippen LogP contribution in [-0.2, 0) is 16.2 Å². The molecule has 498 valence electrons. The fraction of sp³-hybridized carbons (Fsp3) is 0.361. The van der Waals surface area contributed by atoms with Crippen LogP contribution in [0.4, 0.5) is 0 Å². The molecule has 97 heavy (non-hydrogen) atoms. The standard InChI is InChI=1S/C97H110/c1-15-22-72-24-26-73(27-25-72)28-29-74-30-32-75(33-31-74)34-35-76-36-38-77(39-37-76)40-41-78-42-48-84-86-50-44-80(56-92(86)96(90(84)54-78,61-67(10)18-4)62-68(11)19-5)82-46-52-88-87-51-45-81(57-93(87)97(94(88)58-82,63-69(12)20-6)64-70(13)21-7)79-43-49-85-83-47-23-71(14)53-89(83)95(91(85)55-79,59-65(8)16-2)60-66(9)17-3/h15,22-58,65-70H,16-21,59-64H2,1-14H3/b22-15+,29-28+,35-34+,41-40+. The van der Waals surface area contributed by atoms with Crippen LogP contribution in [0.15, 0.2) is 188 Å². The topological polar surface area (TPSA) is 0 Å². The van der Waals surface area contributed by atoms with Crippen LogP contribution in [0.1, 0.15) is 245 Å². The predicted molar refractivity (Wildman–Crippen MR) is 426 cm³/mol. The number of hydrogen-bond donors (Lipinski definition) is 0. The van der Waals surface area contributed by atoms with E-state index in [1.165, 1.54) is 150 Å². The van der Waals surface area contributed by atoms with Crippen molar-refractivity contribution in [3.05, 3.63) is 266 Å². The molecule has 0 nitrogen and oxygen atoms in total. The van der Waals surface area contributed by atoms with Crippen LogP contribution in [-0.4, -0.2) is 0 Å². The minimum absolute atomic E-state index is 0.00969. The molecule has 0 radical (unpaired) electrons. The molecule has 0 heteroatoms. The van der Waals surface area contributed by atoms with Gasteiger partial charge in [-0.3, -0.25) is 0 Å². The van der Waals surface area contributed by atoms with Crippen LogP contribution >= 0.6 is 0 Å². The maximum absolute atomic E-state index is 2.69. The summed E-state index contributed by atoms with van der Waals surface area (Å²) in [7, 11) is 0. The van der Waals surface area contributed by atoms with Gasteiger partial charge in [0.1, 0.15) is 0 Å². The summed E-state index contributed by atoms with van der Waals surface area (Å²) in [5, 5.41) is 0. The number of fused-ring (bicyclic) bond motifs is 9. The molecule has 0 amide bonds. The summed E-state index contributed by atoms with van der Waals surface area (Å²) in [6.45, 7) is 33.8. The second-order valence-corrected chi connectivity index (χ2v) is 30.9. The van der Waals surface area contributed by atoms with Crippen LogP contribution in [0.2, 0.25) is 0 Å². The Morgan fingerprint density at radius 3 is 0.711 bits per heavy atom. The van der Waals surface area contributed by atoms with E-state index in [0.717, 1.165) is 38.5 Å². The molecule has 0 saturated carbocycles. The Kier molecular flexibility index (Phi) is 21.0. The second kappa shape index (κ2) is 29.6. The molecule has 0 aliphatic heterocycles. The van der Waals surface area contributed by atoms with Crippen LogP contribution in [0, 0.1) is 42.4 Å². The van der Waals surface area contributed by atoms with Crippen molar-refractivity contribution in [1.82, 2.24) is 0 Å². The number of rotatable bonds is 27. The van der Waals surface area contributed by atoms with Crippen molar-refractivity contribution in [2.75, 3.05) is 0 Å². The fourth-order valence-corrected chi connectivity index (χ4v) is 17.4. The molecule has 0 fully saturated rings. The van der Waals surface area contributed by atoms with E-state index in [4.69, 9.17) is 0 Å². The van der Waals surface area contributed by atoms with Crippen molar-refractivity contribution in [2.24, 2.45) is 35.5 Å². The minimum Gasteiger partial charge on any atom is -0.0871 e. The van der Waals surface area contributed by atoms with Crippen molar-refractivity contribution < 1.29 is 0 Å². The lowest BCUT2D eigenvalue weighted by molar-refractivity contribution is 0.308. The van der Waals surface area contributed by atoms with E-state index in [0.29, 0.717) is 35.5 Å². The van der Waals surface area contributed by atoms with Gasteiger partial charge in [-0.15, -0.1) is 0 Å². The quantitative estimate of drug-likeness (QED) is 0.0450. The molecule has 0 spiro atoms. The molecule has 12 rings (SSSR count). The average Bonchev–Trinajstić information content (AvgIpc) is 1.58. The van der Waals surface area contributed by atoms with E-state index < -0.39 is 0 Å². The molecule has 6 atom stereocenters. The van der Waals surface area contributed by atoms with Crippen molar-refractivity contribution in [3.63, 3.8) is 0 Å². The third kappa shape index (κ3) is 13.9. The summed E-state index contributed by atoms with van der Waals surface area (Å²) >= 11 is 0. The van der Waals surface area contributed by atoms with E-state index in [1.807, 2.05) is 0 Å². The first-order valence-corrected chi connectivity index (χ1v) is 37.8. The first-order chi connectivity index (χ1) is 47.0. The molecular weight excluding hydrogens is 1170 g/mol. The summed E-state index contributed by atoms with van der Waals surface area (Å²) in [4.78, 5) is 0. The Morgan fingerprint density at radius 2 is 0.454 bits per heavy atom. The Labute approximate surface area is 586 Å². The van der Waals surface area contributed by atoms with Gasteiger partial charge in [-0.25, -0.2) is 0 Å². The SMILES string of the molecule is C/C=C/c1ccc(/C=C/c2ccc(/C=C/c3ccc(/C=C/c4ccc5c(c4)C(CC(C)CC)(CC(C)CC)c4cc(-c6ccc7c(c6)C(CC(C)CC)(CC(C)CC)c6cc(-c8ccc9c(c8)C(CC(C)CC)(CC(C)CC)c8cc(C)ccc8-9)ccc6-7)ccc4-5)cc3)cc2)cc1. The smallest absolute Gasteiger partial charge is 0.0220 e. The molecule has 9 aromatic carbocycles. The van der Waals surface area contributed by atoms with Crippen LogP contribution in [0.3, 0.4) is 0 Å². The molecule has 0 bridgehead atoms. The Morgan fingerprint density at radius 1 is 0.247 bits per heavy atom. The van der Waals surface area contributed by atoms with E-state index in [-0.39, 0.29) is 16.2 Å². The highest BCUT2D eigenvalue weighted by Gasteiger charge is 2.48. The highest BCUT2D eigenvalue weighted by Crippen LogP contribution is 2.61. The van der Waals surface area contributed by atoms with Gasteiger partial charge in [-0.2, -0.15) is 0 Å². The van der Waals surface area contributed by atoms with Crippen molar-refractivity contribution in [3.8, 4) is 55.6 Å². The third-order valence-electron chi connectivity index (χ3n) is 23.9. The Bertz CT molecular complexity index is 4320. The molecule has 0 saturated heterocycles. The fourth-order valence-electron chi connectivity index (χ4n) is 17.4. The monoisotopic (exact) mass is 1270 g/mol. The first-order valence-electron chi connectivity index (χ1n) is 37.8. The van der Waals surface area contributed by atoms with E-state index in [9.17, 15) is 0 Å². The zero-order valence-corrected chi connectivity index (χ0v) is 61.4. The van der Waals surface area contributed by atoms with E-state index in [2.05, 4.69) is 328 Å². The number of hydrogen-bond acceptors (Lipinski definition) is 0. The summed E-state index contributed by atoms with van der Waals surface area (Å²) in [5.74, 6) is 3.51.